The largest absolute Gasteiger partial charge is 0.382 e. The number of aromatic amines is 2. The number of hydrogen-bond donors (Lipinski definition) is 3. The van der Waals surface area contributed by atoms with Crippen LogP contribution in [-0.4, -0.2) is 19.9 Å². The summed E-state index contributed by atoms with van der Waals surface area (Å²) in [7, 11) is 0. The maximum atomic E-state index is 11.2. The van der Waals surface area contributed by atoms with Gasteiger partial charge in [0, 0.05) is 5.56 Å². The Morgan fingerprint density at radius 1 is 1.06 bits per heavy atom. The number of benzene rings is 1. The molecule has 84 valence electrons. The first-order chi connectivity index (χ1) is 8.24. The number of rotatable bonds is 1. The van der Waals surface area contributed by atoms with Gasteiger partial charge in [-0.05, 0) is 0 Å². The van der Waals surface area contributed by atoms with E-state index in [-0.39, 0.29) is 11.5 Å². The summed E-state index contributed by atoms with van der Waals surface area (Å²) in [4.78, 5) is 24.7. The van der Waals surface area contributed by atoms with Crippen LogP contribution < -0.4 is 11.4 Å². The van der Waals surface area contributed by atoms with Crippen molar-refractivity contribution < 1.29 is 0 Å². The fourth-order valence-corrected chi connectivity index (χ4v) is 1.66. The summed E-state index contributed by atoms with van der Waals surface area (Å²) in [5.74, 6) is 0.748. The molecular formula is C11H9N5O. The number of nitrogens with two attached hydrogens (primary N) is 1. The van der Waals surface area contributed by atoms with Gasteiger partial charge in [0.25, 0.3) is 0 Å². The van der Waals surface area contributed by atoms with Crippen molar-refractivity contribution in [3.05, 3.63) is 40.8 Å². The molecule has 1 aromatic carbocycles. The third-order valence-corrected chi connectivity index (χ3v) is 2.44. The molecule has 0 bridgehead atoms. The van der Waals surface area contributed by atoms with Crippen LogP contribution in [0.1, 0.15) is 0 Å². The van der Waals surface area contributed by atoms with Gasteiger partial charge in [-0.25, -0.2) is 14.8 Å². The van der Waals surface area contributed by atoms with Crippen LogP contribution in [-0.2, 0) is 0 Å². The molecule has 0 atom stereocenters. The zero-order chi connectivity index (χ0) is 11.8. The van der Waals surface area contributed by atoms with Gasteiger partial charge in [-0.1, -0.05) is 30.3 Å². The van der Waals surface area contributed by atoms with Gasteiger partial charge in [0.15, 0.2) is 17.3 Å². The summed E-state index contributed by atoms with van der Waals surface area (Å²) < 4.78 is 0. The highest BCUT2D eigenvalue weighted by atomic mass is 16.1. The minimum absolute atomic E-state index is 0.257. The lowest BCUT2D eigenvalue weighted by Crippen LogP contribution is -1.99. The minimum atomic E-state index is -0.341. The Kier molecular flexibility index (Phi) is 1.94. The fourth-order valence-electron chi connectivity index (χ4n) is 1.66. The van der Waals surface area contributed by atoms with Crippen molar-refractivity contribution in [2.45, 2.75) is 0 Å². The molecule has 2 heterocycles. The van der Waals surface area contributed by atoms with Gasteiger partial charge in [-0.15, -0.1) is 0 Å². The molecule has 0 spiro atoms. The monoisotopic (exact) mass is 227 g/mol. The predicted molar refractivity (Wildman–Crippen MR) is 64.4 cm³/mol. The first-order valence-corrected chi connectivity index (χ1v) is 5.05. The van der Waals surface area contributed by atoms with Crippen molar-refractivity contribution in [3.63, 3.8) is 0 Å². The van der Waals surface area contributed by atoms with Crippen molar-refractivity contribution in [1.29, 1.82) is 0 Å². The molecule has 4 N–H and O–H groups in total. The summed E-state index contributed by atoms with van der Waals surface area (Å²) in [5.41, 5.74) is 7.13. The molecule has 0 saturated carbocycles. The number of H-pyrrole nitrogens is 2. The average molecular weight is 227 g/mol. The number of aromatic nitrogens is 4. The van der Waals surface area contributed by atoms with Crippen LogP contribution in [0.2, 0.25) is 0 Å². The van der Waals surface area contributed by atoms with E-state index in [0.717, 1.165) is 5.56 Å². The topological polar surface area (TPSA) is 100 Å². The number of nitrogen functional groups attached to an aromatic ring is 1. The second-order valence-electron chi connectivity index (χ2n) is 3.60. The van der Waals surface area contributed by atoms with Crippen LogP contribution in [0.15, 0.2) is 35.1 Å². The first-order valence-electron chi connectivity index (χ1n) is 5.05. The summed E-state index contributed by atoms with van der Waals surface area (Å²) in [6.07, 6.45) is 0. The van der Waals surface area contributed by atoms with E-state index in [1.165, 1.54) is 0 Å². The van der Waals surface area contributed by atoms with E-state index in [1.54, 1.807) is 0 Å². The summed E-state index contributed by atoms with van der Waals surface area (Å²) in [6, 6.07) is 9.44. The van der Waals surface area contributed by atoms with Crippen molar-refractivity contribution in [3.8, 4) is 11.4 Å². The molecule has 6 heteroatoms. The van der Waals surface area contributed by atoms with E-state index in [2.05, 4.69) is 19.9 Å². The number of nitrogens with zero attached hydrogens (tertiary/aromatic N) is 2. The highest BCUT2D eigenvalue weighted by Crippen LogP contribution is 2.19. The molecular weight excluding hydrogens is 218 g/mol. The Morgan fingerprint density at radius 3 is 2.59 bits per heavy atom. The molecule has 0 aliphatic heterocycles. The van der Waals surface area contributed by atoms with Gasteiger partial charge in [-0.3, -0.25) is 4.98 Å². The second kappa shape index (κ2) is 3.44. The number of anilines is 1. The second-order valence-corrected chi connectivity index (χ2v) is 3.60. The standard InChI is InChI=1S/C11H9N5O/c12-8-7-10(16-11(17)13-7)15-9(14-8)6-4-2-1-3-5-6/h1-5H,(H4,12,13,14,15,16,17). The van der Waals surface area contributed by atoms with Crippen LogP contribution in [0.4, 0.5) is 5.82 Å². The third-order valence-electron chi connectivity index (χ3n) is 2.44. The van der Waals surface area contributed by atoms with Crippen LogP contribution in [0.25, 0.3) is 22.6 Å². The van der Waals surface area contributed by atoms with Crippen LogP contribution >= 0.6 is 0 Å². The average Bonchev–Trinajstić information content (AvgIpc) is 2.71. The lowest BCUT2D eigenvalue weighted by Gasteiger charge is -2.01. The first kappa shape index (κ1) is 9.59. The van der Waals surface area contributed by atoms with Gasteiger partial charge >= 0.3 is 5.69 Å². The molecule has 0 aliphatic carbocycles. The number of nitrogens with one attached hydrogen (secondary N) is 2. The zero-order valence-corrected chi connectivity index (χ0v) is 8.77. The zero-order valence-electron chi connectivity index (χ0n) is 8.77. The van der Waals surface area contributed by atoms with E-state index in [1.807, 2.05) is 30.3 Å². The molecule has 0 unspecified atom stereocenters. The molecule has 0 aliphatic rings. The third kappa shape index (κ3) is 1.55. The predicted octanol–water partition coefficient (Wildman–Crippen LogP) is 0.895. The van der Waals surface area contributed by atoms with E-state index >= 15 is 0 Å². The van der Waals surface area contributed by atoms with Crippen LogP contribution in [0, 0.1) is 0 Å². The Labute approximate surface area is 95.5 Å². The summed E-state index contributed by atoms with van der Waals surface area (Å²) >= 11 is 0. The maximum absolute atomic E-state index is 11.2. The quantitative estimate of drug-likeness (QED) is 0.574. The molecule has 0 radical (unpaired) electrons. The molecule has 0 amide bonds. The highest BCUT2D eigenvalue weighted by Gasteiger charge is 2.09. The summed E-state index contributed by atoms with van der Waals surface area (Å²) in [5, 5.41) is 0. The van der Waals surface area contributed by atoms with Crippen molar-refractivity contribution in [1.82, 2.24) is 19.9 Å². The lowest BCUT2D eigenvalue weighted by molar-refractivity contribution is 1.19. The molecule has 6 nitrogen and oxygen atoms in total. The molecule has 17 heavy (non-hydrogen) atoms. The normalized spacial score (nSPS) is 10.8. The fraction of sp³-hybridized carbons (Fsp3) is 0. The molecule has 3 aromatic rings. The van der Waals surface area contributed by atoms with Gasteiger partial charge in [0.2, 0.25) is 0 Å². The van der Waals surface area contributed by atoms with Crippen LogP contribution in [0.5, 0.6) is 0 Å². The Hall–Kier alpha value is -2.63. The van der Waals surface area contributed by atoms with Gasteiger partial charge < -0.3 is 10.7 Å². The number of fused-ring (bicyclic) bond motifs is 1. The van der Waals surface area contributed by atoms with Crippen LogP contribution in [0.3, 0.4) is 0 Å². The van der Waals surface area contributed by atoms with E-state index in [0.29, 0.717) is 17.0 Å². The smallest absolute Gasteiger partial charge is 0.325 e. The highest BCUT2D eigenvalue weighted by molar-refractivity contribution is 5.83. The van der Waals surface area contributed by atoms with Gasteiger partial charge in [-0.2, -0.15) is 0 Å². The minimum Gasteiger partial charge on any atom is -0.382 e. The van der Waals surface area contributed by atoms with Gasteiger partial charge in [0.05, 0.1) is 0 Å². The van der Waals surface area contributed by atoms with Crippen molar-refractivity contribution in [2.24, 2.45) is 0 Å². The number of imidazole rings is 1. The SMILES string of the molecule is Nc1nc(-c2ccccc2)nc2[nH]c(=O)[nH]c12. The summed E-state index contributed by atoms with van der Waals surface area (Å²) in [6.45, 7) is 0. The molecule has 3 rings (SSSR count). The molecule has 2 aromatic heterocycles. The Morgan fingerprint density at radius 2 is 1.82 bits per heavy atom. The van der Waals surface area contributed by atoms with Crippen molar-refractivity contribution >= 4 is 17.0 Å². The molecule has 0 fully saturated rings. The van der Waals surface area contributed by atoms with E-state index in [9.17, 15) is 4.79 Å². The Bertz CT molecular complexity index is 728. The van der Waals surface area contributed by atoms with E-state index in [4.69, 9.17) is 5.73 Å². The number of hydrogen-bond acceptors (Lipinski definition) is 4. The lowest BCUT2D eigenvalue weighted by atomic mass is 10.2. The van der Waals surface area contributed by atoms with Crippen molar-refractivity contribution in [2.75, 3.05) is 5.73 Å². The maximum Gasteiger partial charge on any atom is 0.325 e. The van der Waals surface area contributed by atoms with E-state index < -0.39 is 0 Å². The Balaban J connectivity index is 2.29. The molecule has 0 saturated heterocycles. The van der Waals surface area contributed by atoms with Gasteiger partial charge in [0.1, 0.15) is 5.52 Å².